The molecule has 0 aliphatic rings. The van der Waals surface area contributed by atoms with Gasteiger partial charge in [-0.2, -0.15) is 0 Å². The second-order valence-corrected chi connectivity index (χ2v) is 8.04. The number of halogens is 1. The molecule has 0 aliphatic carbocycles. The first kappa shape index (κ1) is 20.1. The van der Waals surface area contributed by atoms with Crippen LogP contribution in [0.2, 0.25) is 5.02 Å². The third-order valence-electron chi connectivity index (χ3n) is 4.01. The van der Waals surface area contributed by atoms with E-state index in [1.165, 1.54) is 36.2 Å². The molecule has 28 heavy (non-hydrogen) atoms. The van der Waals surface area contributed by atoms with Crippen molar-refractivity contribution in [2.45, 2.75) is 11.4 Å². The molecule has 0 saturated carbocycles. The van der Waals surface area contributed by atoms with Crippen molar-refractivity contribution in [3.63, 3.8) is 0 Å². The molecule has 0 radical (unpaired) electrons. The summed E-state index contributed by atoms with van der Waals surface area (Å²) in [6.45, 7) is 0.132. The highest BCUT2D eigenvalue weighted by Crippen LogP contribution is 2.26. The van der Waals surface area contributed by atoms with Crippen LogP contribution in [-0.2, 0) is 16.6 Å². The summed E-state index contributed by atoms with van der Waals surface area (Å²) in [6.07, 6.45) is 1.40. The maximum Gasteiger partial charge on any atom is 0.253 e. The van der Waals surface area contributed by atoms with Gasteiger partial charge in [-0.1, -0.05) is 41.9 Å². The topological polar surface area (TPSA) is 90.3 Å². The molecule has 1 N–H and O–H groups in total. The number of aromatic nitrogens is 2. The molecule has 146 valence electrons. The van der Waals surface area contributed by atoms with E-state index in [-0.39, 0.29) is 34.3 Å². The second kappa shape index (κ2) is 8.55. The summed E-state index contributed by atoms with van der Waals surface area (Å²) >= 11 is 5.89. The fourth-order valence-electron chi connectivity index (χ4n) is 2.60. The van der Waals surface area contributed by atoms with Crippen LogP contribution in [0.25, 0.3) is 11.3 Å². The maximum atomic E-state index is 12.5. The molecular weight excluding hydrogens is 402 g/mol. The Morgan fingerprint density at radius 2 is 1.89 bits per heavy atom. The van der Waals surface area contributed by atoms with Gasteiger partial charge in [0.05, 0.1) is 19.1 Å². The molecule has 0 atom stereocenters. The van der Waals surface area contributed by atoms with E-state index in [0.29, 0.717) is 5.69 Å². The van der Waals surface area contributed by atoms with Crippen LogP contribution in [-0.4, -0.2) is 31.6 Å². The SMILES string of the molecule is COc1ccc(Cl)cc1S(=O)(=O)NCCn1cnc(-c2ccccc2)cc1=O. The molecule has 3 rings (SSSR count). The summed E-state index contributed by atoms with van der Waals surface area (Å²) in [5.74, 6) is 0.183. The van der Waals surface area contributed by atoms with Crippen molar-refractivity contribution in [3.8, 4) is 17.0 Å². The Labute approximate surface area is 167 Å². The van der Waals surface area contributed by atoms with Crippen LogP contribution in [0, 0.1) is 0 Å². The zero-order chi connectivity index (χ0) is 20.1. The summed E-state index contributed by atoms with van der Waals surface area (Å²) in [5.41, 5.74) is 1.12. The Morgan fingerprint density at radius 3 is 2.57 bits per heavy atom. The number of hydrogen-bond donors (Lipinski definition) is 1. The molecule has 0 bridgehead atoms. The van der Waals surface area contributed by atoms with Crippen LogP contribution in [0.3, 0.4) is 0 Å². The van der Waals surface area contributed by atoms with Crippen molar-refractivity contribution < 1.29 is 13.2 Å². The van der Waals surface area contributed by atoms with Crippen LogP contribution in [0.1, 0.15) is 0 Å². The maximum absolute atomic E-state index is 12.5. The van der Waals surface area contributed by atoms with Gasteiger partial charge in [0, 0.05) is 29.7 Å². The lowest BCUT2D eigenvalue weighted by atomic mass is 10.1. The molecule has 1 aromatic heterocycles. The minimum atomic E-state index is -3.85. The number of nitrogens with zero attached hydrogens (tertiary/aromatic N) is 2. The minimum Gasteiger partial charge on any atom is -0.495 e. The highest BCUT2D eigenvalue weighted by atomic mass is 35.5. The first-order chi connectivity index (χ1) is 13.4. The fraction of sp³-hybridized carbons (Fsp3) is 0.158. The third kappa shape index (κ3) is 4.59. The van der Waals surface area contributed by atoms with Crippen molar-refractivity contribution >= 4 is 21.6 Å². The van der Waals surface area contributed by atoms with E-state index in [2.05, 4.69) is 9.71 Å². The lowest BCUT2D eigenvalue weighted by molar-refractivity contribution is 0.402. The fourth-order valence-corrected chi connectivity index (χ4v) is 4.05. The van der Waals surface area contributed by atoms with E-state index in [0.717, 1.165) is 5.56 Å². The van der Waals surface area contributed by atoms with Crippen molar-refractivity contribution in [2.75, 3.05) is 13.7 Å². The van der Waals surface area contributed by atoms with Gasteiger partial charge in [-0.05, 0) is 18.2 Å². The first-order valence-corrected chi connectivity index (χ1v) is 10.2. The molecule has 7 nitrogen and oxygen atoms in total. The molecule has 2 aromatic carbocycles. The number of rotatable bonds is 7. The normalized spacial score (nSPS) is 11.4. The second-order valence-electron chi connectivity index (χ2n) is 5.86. The van der Waals surface area contributed by atoms with Gasteiger partial charge in [-0.25, -0.2) is 18.1 Å². The van der Waals surface area contributed by atoms with Crippen LogP contribution >= 0.6 is 11.6 Å². The summed E-state index contributed by atoms with van der Waals surface area (Å²) in [7, 11) is -2.48. The van der Waals surface area contributed by atoms with Gasteiger partial charge in [-0.3, -0.25) is 9.36 Å². The smallest absolute Gasteiger partial charge is 0.253 e. The quantitative estimate of drug-likeness (QED) is 0.635. The van der Waals surface area contributed by atoms with Crippen molar-refractivity contribution in [2.24, 2.45) is 0 Å². The van der Waals surface area contributed by atoms with Crippen molar-refractivity contribution in [1.29, 1.82) is 0 Å². The van der Waals surface area contributed by atoms with E-state index in [9.17, 15) is 13.2 Å². The third-order valence-corrected chi connectivity index (χ3v) is 5.73. The Bertz CT molecular complexity index is 1130. The van der Waals surface area contributed by atoms with Gasteiger partial charge in [0.1, 0.15) is 10.6 Å². The Kier molecular flexibility index (Phi) is 6.13. The summed E-state index contributed by atoms with van der Waals surface area (Å²) < 4.78 is 33.9. The zero-order valence-corrected chi connectivity index (χ0v) is 16.6. The summed E-state index contributed by atoms with van der Waals surface area (Å²) in [4.78, 5) is 16.5. The lowest BCUT2D eigenvalue weighted by Crippen LogP contribution is -2.31. The average Bonchev–Trinajstić information content (AvgIpc) is 2.69. The molecule has 0 spiro atoms. The van der Waals surface area contributed by atoms with E-state index in [4.69, 9.17) is 16.3 Å². The minimum absolute atomic E-state index is 0.00424. The van der Waals surface area contributed by atoms with Crippen molar-refractivity contribution in [3.05, 3.63) is 76.3 Å². The number of methoxy groups -OCH3 is 1. The van der Waals surface area contributed by atoms with Gasteiger partial charge in [0.25, 0.3) is 5.56 Å². The van der Waals surface area contributed by atoms with E-state index < -0.39 is 10.0 Å². The molecule has 9 heteroatoms. The number of hydrogen-bond acceptors (Lipinski definition) is 5. The van der Waals surface area contributed by atoms with Gasteiger partial charge in [0.2, 0.25) is 10.0 Å². The zero-order valence-electron chi connectivity index (χ0n) is 15.0. The molecule has 0 amide bonds. The lowest BCUT2D eigenvalue weighted by Gasteiger charge is -2.12. The van der Waals surface area contributed by atoms with Gasteiger partial charge >= 0.3 is 0 Å². The molecular formula is C19H18ClN3O4S. The van der Waals surface area contributed by atoms with Gasteiger partial charge in [-0.15, -0.1) is 0 Å². The van der Waals surface area contributed by atoms with E-state index in [1.807, 2.05) is 30.3 Å². The van der Waals surface area contributed by atoms with Gasteiger partial charge < -0.3 is 4.74 Å². The van der Waals surface area contributed by atoms with Gasteiger partial charge in [0.15, 0.2) is 0 Å². The molecule has 0 saturated heterocycles. The Balaban J connectivity index is 1.71. The number of nitrogens with one attached hydrogen (secondary N) is 1. The van der Waals surface area contributed by atoms with Crippen LogP contribution < -0.4 is 15.0 Å². The molecule has 3 aromatic rings. The predicted molar refractivity (Wildman–Crippen MR) is 107 cm³/mol. The average molecular weight is 420 g/mol. The van der Waals surface area contributed by atoms with Crippen LogP contribution in [0.15, 0.2) is 70.6 Å². The first-order valence-electron chi connectivity index (χ1n) is 8.36. The summed E-state index contributed by atoms with van der Waals surface area (Å²) in [5, 5.41) is 0.276. The highest BCUT2D eigenvalue weighted by molar-refractivity contribution is 7.89. The van der Waals surface area contributed by atoms with E-state index in [1.54, 1.807) is 6.07 Å². The molecule has 0 unspecified atom stereocenters. The van der Waals surface area contributed by atoms with E-state index >= 15 is 0 Å². The van der Waals surface area contributed by atoms with Crippen LogP contribution in [0.5, 0.6) is 5.75 Å². The predicted octanol–water partition coefficient (Wildman–Crippen LogP) is 2.55. The van der Waals surface area contributed by atoms with Crippen molar-refractivity contribution in [1.82, 2.24) is 14.3 Å². The number of sulfonamides is 1. The Morgan fingerprint density at radius 1 is 1.14 bits per heavy atom. The van der Waals surface area contributed by atoms with Crippen LogP contribution in [0.4, 0.5) is 0 Å². The highest BCUT2D eigenvalue weighted by Gasteiger charge is 2.19. The number of benzene rings is 2. The largest absolute Gasteiger partial charge is 0.495 e. The number of ether oxygens (including phenoxy) is 1. The molecule has 0 fully saturated rings. The summed E-state index contributed by atoms with van der Waals surface area (Å²) in [6, 6.07) is 15.1. The molecule has 0 aliphatic heterocycles. The molecule has 1 heterocycles. The Hall–Kier alpha value is -2.68. The standard InChI is InChI=1S/C19H18ClN3O4S/c1-27-17-8-7-15(20)11-18(17)28(25,26)22-9-10-23-13-21-16(12-19(23)24)14-5-3-2-4-6-14/h2-8,11-13,22H,9-10H2,1H3. The monoisotopic (exact) mass is 419 g/mol.